The molecule has 3 N–H and O–H groups in total. The number of hydrogen-bond donors (Lipinski definition) is 3. The topological polar surface area (TPSA) is 96.4 Å². The normalized spacial score (nSPS) is 10.8. The maximum Gasteiger partial charge on any atom is 0.250 e. The highest BCUT2D eigenvalue weighted by Gasteiger charge is 2.08. The highest BCUT2D eigenvalue weighted by Crippen LogP contribution is 2.20. The summed E-state index contributed by atoms with van der Waals surface area (Å²) in [6.45, 7) is 0.373. The third kappa shape index (κ3) is 7.05. The largest absolute Gasteiger partial charge is 0.489 e. The van der Waals surface area contributed by atoms with Crippen LogP contribution in [0.2, 0.25) is 5.02 Å². The number of nitrogens with zero attached hydrogens (tertiary/aromatic N) is 4. The lowest BCUT2D eigenvalue weighted by molar-refractivity contribution is 0.306. The van der Waals surface area contributed by atoms with E-state index in [1.807, 2.05) is 109 Å². The Morgan fingerprint density at radius 2 is 1.29 bits per heavy atom. The van der Waals surface area contributed by atoms with Crippen LogP contribution in [-0.4, -0.2) is 21.2 Å². The van der Waals surface area contributed by atoms with E-state index >= 15 is 0 Å². The Balaban J connectivity index is 1.29. The molecule has 0 amide bonds. The lowest BCUT2D eigenvalue weighted by Gasteiger charge is -2.10. The van der Waals surface area contributed by atoms with Crippen molar-refractivity contribution < 1.29 is 4.74 Å². The molecule has 0 atom stereocenters. The molecule has 5 aromatic rings. The zero-order valence-corrected chi connectivity index (χ0v) is 21.0. The summed E-state index contributed by atoms with van der Waals surface area (Å²) in [5.74, 6) is 1.73. The Morgan fingerprint density at radius 1 is 0.684 bits per heavy atom. The summed E-state index contributed by atoms with van der Waals surface area (Å²) in [6, 6.07) is 34.5. The molecule has 38 heavy (non-hydrogen) atoms. The monoisotopic (exact) mass is 521 g/mol. The van der Waals surface area contributed by atoms with Crippen LogP contribution in [0.3, 0.4) is 0 Å². The van der Waals surface area contributed by atoms with Gasteiger partial charge in [-0.25, -0.2) is 5.43 Å². The van der Waals surface area contributed by atoms with Gasteiger partial charge in [-0.15, -0.1) is 0 Å². The van der Waals surface area contributed by atoms with Crippen molar-refractivity contribution in [1.29, 1.82) is 0 Å². The van der Waals surface area contributed by atoms with Crippen molar-refractivity contribution in [2.45, 2.75) is 6.61 Å². The van der Waals surface area contributed by atoms with Gasteiger partial charge in [-0.3, -0.25) is 0 Å². The van der Waals surface area contributed by atoms with Crippen LogP contribution in [0.4, 0.5) is 29.2 Å². The molecule has 0 aliphatic carbocycles. The summed E-state index contributed by atoms with van der Waals surface area (Å²) in [5, 5.41) is 11.4. The van der Waals surface area contributed by atoms with Crippen LogP contribution in [0.25, 0.3) is 0 Å². The minimum absolute atomic E-state index is 0.277. The van der Waals surface area contributed by atoms with E-state index in [1.165, 1.54) is 0 Å². The van der Waals surface area contributed by atoms with Crippen LogP contribution in [0.15, 0.2) is 114 Å². The van der Waals surface area contributed by atoms with Gasteiger partial charge < -0.3 is 15.4 Å². The quantitative estimate of drug-likeness (QED) is 0.134. The first-order valence-corrected chi connectivity index (χ1v) is 12.2. The van der Waals surface area contributed by atoms with Crippen LogP contribution >= 0.6 is 11.6 Å². The summed E-state index contributed by atoms with van der Waals surface area (Å²) in [7, 11) is 0. The molecule has 188 valence electrons. The Bertz CT molecular complexity index is 1450. The molecule has 0 fully saturated rings. The summed E-state index contributed by atoms with van der Waals surface area (Å²) in [5.41, 5.74) is 6.37. The average molecular weight is 522 g/mol. The van der Waals surface area contributed by atoms with Gasteiger partial charge in [-0.2, -0.15) is 20.1 Å². The van der Waals surface area contributed by atoms with E-state index in [0.29, 0.717) is 29.3 Å². The van der Waals surface area contributed by atoms with Crippen molar-refractivity contribution in [2.75, 3.05) is 16.1 Å². The fourth-order valence-electron chi connectivity index (χ4n) is 3.46. The van der Waals surface area contributed by atoms with Crippen LogP contribution in [-0.2, 0) is 6.61 Å². The predicted octanol–water partition coefficient (Wildman–Crippen LogP) is 7.04. The third-order valence-electron chi connectivity index (χ3n) is 5.28. The van der Waals surface area contributed by atoms with Crippen molar-refractivity contribution >= 4 is 47.0 Å². The number of hydrazone groups is 1. The first kappa shape index (κ1) is 24.7. The number of benzene rings is 4. The zero-order valence-electron chi connectivity index (χ0n) is 20.3. The third-order valence-corrected chi connectivity index (χ3v) is 5.65. The predicted molar refractivity (Wildman–Crippen MR) is 153 cm³/mol. The van der Waals surface area contributed by atoms with Gasteiger partial charge in [0.2, 0.25) is 17.8 Å². The molecule has 5 rings (SSSR count). The zero-order chi connectivity index (χ0) is 26.0. The van der Waals surface area contributed by atoms with Crippen LogP contribution in [0, 0.1) is 0 Å². The van der Waals surface area contributed by atoms with E-state index in [4.69, 9.17) is 16.3 Å². The Hall–Kier alpha value is -4.95. The second-order valence-corrected chi connectivity index (χ2v) is 8.52. The number of ether oxygens (including phenoxy) is 1. The van der Waals surface area contributed by atoms with Crippen LogP contribution in [0.5, 0.6) is 5.75 Å². The van der Waals surface area contributed by atoms with Gasteiger partial charge in [-0.1, -0.05) is 78.3 Å². The molecule has 9 heteroatoms. The molecule has 0 saturated carbocycles. The van der Waals surface area contributed by atoms with Gasteiger partial charge in [0.1, 0.15) is 12.4 Å². The molecule has 0 spiro atoms. The van der Waals surface area contributed by atoms with Gasteiger partial charge in [0, 0.05) is 22.0 Å². The van der Waals surface area contributed by atoms with Crippen LogP contribution < -0.4 is 20.8 Å². The van der Waals surface area contributed by atoms with Crippen molar-refractivity contribution in [3.63, 3.8) is 0 Å². The standard InChI is InChI=1S/C29H24ClN7O/c30-26-17-8-7-11-22(26)20-38-25-16-9-10-21(18-25)19-31-37-29-35-27(32-23-12-3-1-4-13-23)34-28(36-29)33-24-14-5-2-6-15-24/h1-19H,20H2,(H3,32,33,34,35,36,37)/b31-19-. The highest BCUT2D eigenvalue weighted by molar-refractivity contribution is 6.31. The molecule has 8 nitrogen and oxygen atoms in total. The molecule has 1 heterocycles. The van der Waals surface area contributed by atoms with Crippen molar-refractivity contribution in [2.24, 2.45) is 5.10 Å². The second-order valence-electron chi connectivity index (χ2n) is 8.11. The number of nitrogens with one attached hydrogen (secondary N) is 3. The first-order chi connectivity index (χ1) is 18.7. The minimum atomic E-state index is 0.277. The van der Waals surface area contributed by atoms with Crippen molar-refractivity contribution in [1.82, 2.24) is 15.0 Å². The van der Waals surface area contributed by atoms with E-state index < -0.39 is 0 Å². The average Bonchev–Trinajstić information content (AvgIpc) is 2.94. The van der Waals surface area contributed by atoms with Gasteiger partial charge in [0.05, 0.1) is 6.21 Å². The van der Waals surface area contributed by atoms with E-state index in [0.717, 1.165) is 22.5 Å². The lowest BCUT2D eigenvalue weighted by Crippen LogP contribution is -2.07. The number of hydrogen-bond acceptors (Lipinski definition) is 8. The molecule has 0 saturated heterocycles. The number of halogens is 1. The molecular weight excluding hydrogens is 498 g/mol. The van der Waals surface area contributed by atoms with Gasteiger partial charge in [0.25, 0.3) is 0 Å². The summed E-state index contributed by atoms with van der Waals surface area (Å²) in [6.07, 6.45) is 1.67. The van der Waals surface area contributed by atoms with Crippen LogP contribution in [0.1, 0.15) is 11.1 Å². The summed E-state index contributed by atoms with van der Waals surface area (Å²) < 4.78 is 5.91. The molecule has 0 aliphatic heterocycles. The molecule has 0 unspecified atom stereocenters. The van der Waals surface area contributed by atoms with Gasteiger partial charge in [0.15, 0.2) is 0 Å². The molecule has 4 aromatic carbocycles. The molecular formula is C29H24ClN7O. The maximum absolute atomic E-state index is 6.23. The van der Waals surface area contributed by atoms with Gasteiger partial charge >= 0.3 is 0 Å². The lowest BCUT2D eigenvalue weighted by atomic mass is 10.2. The van der Waals surface area contributed by atoms with E-state index in [1.54, 1.807) is 6.21 Å². The maximum atomic E-state index is 6.23. The number of anilines is 5. The van der Waals surface area contributed by atoms with E-state index in [2.05, 4.69) is 36.1 Å². The number of aromatic nitrogens is 3. The van der Waals surface area contributed by atoms with E-state index in [9.17, 15) is 0 Å². The molecule has 0 bridgehead atoms. The minimum Gasteiger partial charge on any atom is -0.489 e. The second kappa shape index (κ2) is 12.3. The van der Waals surface area contributed by atoms with Crippen molar-refractivity contribution in [3.05, 3.63) is 125 Å². The SMILES string of the molecule is Clc1ccccc1COc1cccc(/C=N\Nc2nc(Nc3ccccc3)nc(Nc3ccccc3)n2)c1. The molecule has 1 aromatic heterocycles. The molecule has 0 radical (unpaired) electrons. The first-order valence-electron chi connectivity index (χ1n) is 11.9. The highest BCUT2D eigenvalue weighted by atomic mass is 35.5. The number of para-hydroxylation sites is 2. The summed E-state index contributed by atoms with van der Waals surface area (Å²) in [4.78, 5) is 13.4. The van der Waals surface area contributed by atoms with E-state index in [-0.39, 0.29) is 5.95 Å². The molecule has 0 aliphatic rings. The smallest absolute Gasteiger partial charge is 0.250 e. The van der Waals surface area contributed by atoms with Gasteiger partial charge in [-0.05, 0) is 48.0 Å². The Morgan fingerprint density at radius 3 is 1.95 bits per heavy atom. The Labute approximate surface area is 225 Å². The fraction of sp³-hybridized carbons (Fsp3) is 0.0345. The summed E-state index contributed by atoms with van der Waals surface area (Å²) >= 11 is 6.23. The number of rotatable bonds is 10. The fourth-order valence-corrected chi connectivity index (χ4v) is 3.65. The van der Waals surface area contributed by atoms with Crippen molar-refractivity contribution in [3.8, 4) is 5.75 Å². The Kier molecular flexibility index (Phi) is 8.03.